The van der Waals surface area contributed by atoms with Gasteiger partial charge in [-0.15, -0.1) is 6.58 Å². The fourth-order valence-electron chi connectivity index (χ4n) is 2.16. The van der Waals surface area contributed by atoms with Crippen molar-refractivity contribution in [3.05, 3.63) is 59.2 Å². The molecule has 1 aromatic carbocycles. The summed E-state index contributed by atoms with van der Waals surface area (Å²) in [5.74, 6) is 0.0956. The van der Waals surface area contributed by atoms with E-state index in [0.29, 0.717) is 28.3 Å². The zero-order valence-electron chi connectivity index (χ0n) is 12.2. The van der Waals surface area contributed by atoms with E-state index in [1.54, 1.807) is 6.08 Å². The molecule has 3 rings (SSSR count). The quantitative estimate of drug-likeness (QED) is 0.701. The predicted molar refractivity (Wildman–Crippen MR) is 90.4 cm³/mol. The van der Waals surface area contributed by atoms with Crippen LogP contribution >= 0.6 is 11.5 Å². The van der Waals surface area contributed by atoms with Crippen molar-refractivity contribution >= 4 is 27.7 Å². The second-order valence-corrected chi connectivity index (χ2v) is 5.63. The van der Waals surface area contributed by atoms with E-state index in [2.05, 4.69) is 26.2 Å². The summed E-state index contributed by atoms with van der Waals surface area (Å²) in [6.45, 7) is 3.91. The van der Waals surface area contributed by atoms with Crippen LogP contribution in [0.3, 0.4) is 0 Å². The fraction of sp³-hybridized carbons (Fsp3) is 0.125. The average Bonchev–Trinajstić information content (AvgIpc) is 2.98. The minimum absolute atomic E-state index is 0.00307. The molecule has 0 saturated carbocycles. The Morgan fingerprint density at radius 2 is 2.13 bits per heavy atom. The lowest BCUT2D eigenvalue weighted by atomic mass is 10.1. The number of nitrogens with one attached hydrogen (secondary N) is 2. The van der Waals surface area contributed by atoms with Gasteiger partial charge in [-0.25, -0.2) is 4.98 Å². The lowest BCUT2D eigenvalue weighted by Crippen LogP contribution is -2.26. The molecule has 0 atom stereocenters. The summed E-state index contributed by atoms with van der Waals surface area (Å²) in [5.41, 5.74) is 1.79. The van der Waals surface area contributed by atoms with Crippen LogP contribution < -0.4 is 10.9 Å². The van der Waals surface area contributed by atoms with E-state index >= 15 is 0 Å². The molecule has 116 valence electrons. The first-order chi connectivity index (χ1) is 11.2. The van der Waals surface area contributed by atoms with Crippen molar-refractivity contribution < 1.29 is 4.79 Å². The molecule has 0 fully saturated rings. The first-order valence-corrected chi connectivity index (χ1v) is 7.78. The monoisotopic (exact) mass is 326 g/mol. The van der Waals surface area contributed by atoms with Crippen LogP contribution in [-0.2, 0) is 11.2 Å². The van der Waals surface area contributed by atoms with E-state index in [0.717, 1.165) is 17.1 Å². The summed E-state index contributed by atoms with van der Waals surface area (Å²) in [4.78, 5) is 31.0. The van der Waals surface area contributed by atoms with E-state index in [1.165, 1.54) is 0 Å². The largest absolute Gasteiger partial charge is 0.352 e. The summed E-state index contributed by atoms with van der Waals surface area (Å²) in [6, 6.07) is 9.53. The van der Waals surface area contributed by atoms with Gasteiger partial charge in [0, 0.05) is 12.1 Å². The summed E-state index contributed by atoms with van der Waals surface area (Å²) in [5, 5.41) is 2.66. The molecular formula is C16H14N4O2S. The lowest BCUT2D eigenvalue weighted by Gasteiger charge is -2.03. The maximum Gasteiger partial charge on any atom is 0.270 e. The first-order valence-electron chi connectivity index (χ1n) is 7.00. The molecule has 0 aliphatic heterocycles. The number of carbonyl (C=O) groups is 1. The molecule has 0 aliphatic rings. The standard InChI is InChI=1S/C16H14N4O2S/c1-2-8-17-12(21)9-11-18-14-13(10-6-4-3-5-7-10)20-23-15(14)16(22)19-11/h2-7H,1,8-9H2,(H,17,21)(H,18,19,22). The topological polar surface area (TPSA) is 87.7 Å². The summed E-state index contributed by atoms with van der Waals surface area (Å²) >= 11 is 1.11. The Morgan fingerprint density at radius 3 is 2.87 bits per heavy atom. The van der Waals surface area contributed by atoms with E-state index in [1.807, 2.05) is 30.3 Å². The molecule has 0 saturated heterocycles. The minimum Gasteiger partial charge on any atom is -0.352 e. The van der Waals surface area contributed by atoms with Crippen LogP contribution in [0.25, 0.3) is 21.5 Å². The Balaban J connectivity index is 2.01. The number of carbonyl (C=O) groups excluding carboxylic acids is 1. The van der Waals surface area contributed by atoms with E-state index in [4.69, 9.17) is 0 Å². The third-order valence-corrected chi connectivity index (χ3v) is 4.03. The molecule has 2 aromatic heterocycles. The molecule has 1 amide bonds. The van der Waals surface area contributed by atoms with Crippen molar-refractivity contribution in [2.75, 3.05) is 6.54 Å². The first kappa shape index (κ1) is 15.1. The zero-order chi connectivity index (χ0) is 16.2. The van der Waals surface area contributed by atoms with Gasteiger partial charge in [-0.1, -0.05) is 36.4 Å². The smallest absolute Gasteiger partial charge is 0.270 e. The van der Waals surface area contributed by atoms with E-state index in [9.17, 15) is 9.59 Å². The third-order valence-electron chi connectivity index (χ3n) is 3.20. The van der Waals surface area contributed by atoms with Crippen LogP contribution in [0.1, 0.15) is 5.82 Å². The highest BCUT2D eigenvalue weighted by Crippen LogP contribution is 2.27. The van der Waals surface area contributed by atoms with Crippen molar-refractivity contribution in [2.45, 2.75) is 6.42 Å². The minimum atomic E-state index is -0.277. The van der Waals surface area contributed by atoms with E-state index in [-0.39, 0.29) is 17.9 Å². The molecule has 0 aliphatic carbocycles. The van der Waals surface area contributed by atoms with Crippen LogP contribution in [-0.4, -0.2) is 26.8 Å². The van der Waals surface area contributed by atoms with Crippen molar-refractivity contribution in [2.24, 2.45) is 0 Å². The third kappa shape index (κ3) is 3.19. The van der Waals surface area contributed by atoms with Crippen LogP contribution in [0.2, 0.25) is 0 Å². The van der Waals surface area contributed by atoms with Gasteiger partial charge in [-0.05, 0) is 11.5 Å². The fourth-order valence-corrected chi connectivity index (χ4v) is 2.90. The molecule has 0 bridgehead atoms. The molecule has 0 spiro atoms. The molecule has 23 heavy (non-hydrogen) atoms. The molecule has 7 heteroatoms. The second kappa shape index (κ2) is 6.53. The average molecular weight is 326 g/mol. The maximum atomic E-state index is 12.2. The molecule has 6 nitrogen and oxygen atoms in total. The van der Waals surface area contributed by atoms with Gasteiger partial charge in [0.2, 0.25) is 5.91 Å². The molecular weight excluding hydrogens is 312 g/mol. The summed E-state index contributed by atoms with van der Waals surface area (Å²) < 4.78 is 4.80. The van der Waals surface area contributed by atoms with Gasteiger partial charge in [0.25, 0.3) is 5.56 Å². The van der Waals surface area contributed by atoms with Gasteiger partial charge >= 0.3 is 0 Å². The summed E-state index contributed by atoms with van der Waals surface area (Å²) in [7, 11) is 0. The number of hydrogen-bond acceptors (Lipinski definition) is 5. The number of aromatic nitrogens is 3. The Hall–Kier alpha value is -2.80. The highest BCUT2D eigenvalue weighted by molar-refractivity contribution is 7.13. The van der Waals surface area contributed by atoms with Gasteiger partial charge in [0.15, 0.2) is 0 Å². The van der Waals surface area contributed by atoms with Gasteiger partial charge < -0.3 is 10.3 Å². The van der Waals surface area contributed by atoms with Gasteiger partial charge in [0.05, 0.1) is 6.42 Å². The van der Waals surface area contributed by atoms with Gasteiger partial charge in [-0.2, -0.15) is 4.37 Å². The molecule has 0 unspecified atom stereocenters. The predicted octanol–water partition coefficient (Wildman–Crippen LogP) is 1.89. The molecule has 2 N–H and O–H groups in total. The van der Waals surface area contributed by atoms with E-state index < -0.39 is 0 Å². The van der Waals surface area contributed by atoms with Crippen LogP contribution in [0, 0.1) is 0 Å². The van der Waals surface area contributed by atoms with Crippen molar-refractivity contribution in [3.63, 3.8) is 0 Å². The van der Waals surface area contributed by atoms with Crippen molar-refractivity contribution in [3.8, 4) is 11.3 Å². The van der Waals surface area contributed by atoms with Crippen molar-refractivity contribution in [1.29, 1.82) is 0 Å². The Kier molecular flexibility index (Phi) is 4.29. The Bertz CT molecular complexity index is 915. The number of nitrogens with zero attached hydrogens (tertiary/aromatic N) is 2. The number of benzene rings is 1. The van der Waals surface area contributed by atoms with Gasteiger partial charge in [0.1, 0.15) is 21.7 Å². The number of amides is 1. The SMILES string of the molecule is C=CCNC(=O)Cc1nc2c(-c3ccccc3)nsc2c(=O)[nH]1. The number of H-pyrrole nitrogens is 1. The van der Waals surface area contributed by atoms with Crippen LogP contribution in [0.4, 0.5) is 0 Å². The Labute approximate surface area is 136 Å². The number of aromatic amines is 1. The summed E-state index contributed by atoms with van der Waals surface area (Å²) in [6.07, 6.45) is 1.59. The van der Waals surface area contributed by atoms with Crippen LogP contribution in [0.5, 0.6) is 0 Å². The zero-order valence-corrected chi connectivity index (χ0v) is 13.0. The maximum absolute atomic E-state index is 12.2. The normalized spacial score (nSPS) is 10.6. The lowest BCUT2D eigenvalue weighted by molar-refractivity contribution is -0.120. The number of fused-ring (bicyclic) bond motifs is 1. The number of hydrogen-bond donors (Lipinski definition) is 2. The van der Waals surface area contributed by atoms with Crippen molar-refractivity contribution in [1.82, 2.24) is 19.7 Å². The highest BCUT2D eigenvalue weighted by atomic mass is 32.1. The van der Waals surface area contributed by atoms with Gasteiger partial charge in [-0.3, -0.25) is 9.59 Å². The molecule has 2 heterocycles. The second-order valence-electron chi connectivity index (χ2n) is 4.86. The number of rotatable bonds is 5. The molecule has 0 radical (unpaired) electrons. The Morgan fingerprint density at radius 1 is 1.35 bits per heavy atom. The highest BCUT2D eigenvalue weighted by Gasteiger charge is 2.15. The molecule has 3 aromatic rings. The van der Waals surface area contributed by atoms with Crippen LogP contribution in [0.15, 0.2) is 47.8 Å².